The summed E-state index contributed by atoms with van der Waals surface area (Å²) in [5.41, 5.74) is 8.21. The van der Waals surface area contributed by atoms with Gasteiger partial charge in [0.05, 0.1) is 12.7 Å². The Balaban J connectivity index is 1.97. The largest absolute Gasteiger partial charge is 0.372 e. The quantitative estimate of drug-likeness (QED) is 0.801. The summed E-state index contributed by atoms with van der Waals surface area (Å²) in [6, 6.07) is 8.41. The van der Waals surface area contributed by atoms with Crippen LogP contribution in [0.25, 0.3) is 0 Å². The molecule has 0 heterocycles. The van der Waals surface area contributed by atoms with E-state index in [-0.39, 0.29) is 6.10 Å². The molecule has 0 amide bonds. The third kappa shape index (κ3) is 3.05. The number of hydrogen-bond donors (Lipinski definition) is 1. The van der Waals surface area contributed by atoms with Crippen LogP contribution >= 0.6 is 0 Å². The predicted octanol–water partition coefficient (Wildman–Crippen LogP) is 2.42. The summed E-state index contributed by atoms with van der Waals surface area (Å²) >= 11 is 0. The number of hydrogen-bond acceptors (Lipinski definition) is 2. The van der Waals surface area contributed by atoms with Crippen LogP contribution in [0, 0.1) is 12.8 Å². The van der Waals surface area contributed by atoms with E-state index < -0.39 is 0 Å². The van der Waals surface area contributed by atoms with Crippen molar-refractivity contribution in [1.82, 2.24) is 0 Å². The minimum atomic E-state index is 0.0745. The molecule has 1 fully saturated rings. The van der Waals surface area contributed by atoms with E-state index in [1.165, 1.54) is 24.0 Å². The summed E-state index contributed by atoms with van der Waals surface area (Å²) in [6.45, 7) is 3.53. The molecule has 0 radical (unpaired) electrons. The van der Waals surface area contributed by atoms with E-state index in [9.17, 15) is 0 Å². The number of aryl methyl sites for hydroxylation is 1. The Hall–Kier alpha value is -0.860. The van der Waals surface area contributed by atoms with Crippen molar-refractivity contribution in [3.05, 3.63) is 35.4 Å². The van der Waals surface area contributed by atoms with Crippen molar-refractivity contribution in [2.45, 2.75) is 25.9 Å². The number of benzene rings is 1. The molecule has 0 bridgehead atoms. The van der Waals surface area contributed by atoms with Gasteiger partial charge in [-0.05, 0) is 31.2 Å². The summed E-state index contributed by atoms with van der Waals surface area (Å²) in [7, 11) is 0. The van der Waals surface area contributed by atoms with E-state index in [0.29, 0.717) is 6.54 Å². The van der Waals surface area contributed by atoms with Crippen molar-refractivity contribution in [1.29, 1.82) is 0 Å². The molecule has 1 aromatic carbocycles. The van der Waals surface area contributed by atoms with Gasteiger partial charge in [-0.2, -0.15) is 0 Å². The topological polar surface area (TPSA) is 35.2 Å². The number of ether oxygens (including phenoxy) is 1. The first kappa shape index (κ1) is 10.7. The van der Waals surface area contributed by atoms with E-state index in [1.54, 1.807) is 0 Å². The third-order valence-corrected chi connectivity index (χ3v) is 2.86. The maximum atomic E-state index is 5.83. The first-order valence-corrected chi connectivity index (χ1v) is 5.68. The fourth-order valence-corrected chi connectivity index (χ4v) is 1.71. The predicted molar refractivity (Wildman–Crippen MR) is 61.7 cm³/mol. The lowest BCUT2D eigenvalue weighted by atomic mass is 10.1. The Morgan fingerprint density at radius 2 is 2.27 bits per heavy atom. The van der Waals surface area contributed by atoms with Crippen LogP contribution < -0.4 is 5.73 Å². The Morgan fingerprint density at radius 3 is 2.87 bits per heavy atom. The van der Waals surface area contributed by atoms with E-state index in [2.05, 4.69) is 31.2 Å². The number of nitrogens with two attached hydrogens (primary N) is 1. The lowest BCUT2D eigenvalue weighted by molar-refractivity contribution is 0.0510. The standard InChI is InChI=1S/C13H19NO/c1-10-3-2-4-12(7-10)13(8-14)15-9-11-5-6-11/h2-4,7,11,13H,5-6,8-9,14H2,1H3. The smallest absolute Gasteiger partial charge is 0.0947 e. The maximum absolute atomic E-state index is 5.83. The van der Waals surface area contributed by atoms with Crippen molar-refractivity contribution >= 4 is 0 Å². The van der Waals surface area contributed by atoms with Gasteiger partial charge in [-0.15, -0.1) is 0 Å². The SMILES string of the molecule is Cc1cccc(C(CN)OCC2CC2)c1. The highest BCUT2D eigenvalue weighted by molar-refractivity contribution is 5.24. The molecule has 1 saturated carbocycles. The Bertz CT molecular complexity index is 320. The lowest BCUT2D eigenvalue weighted by Crippen LogP contribution is -2.17. The molecule has 1 atom stereocenters. The highest BCUT2D eigenvalue weighted by atomic mass is 16.5. The summed E-state index contributed by atoms with van der Waals surface area (Å²) in [6.07, 6.45) is 2.72. The molecule has 1 aliphatic carbocycles. The molecular formula is C13H19NO. The zero-order valence-electron chi connectivity index (χ0n) is 9.28. The maximum Gasteiger partial charge on any atom is 0.0947 e. The van der Waals surface area contributed by atoms with Crippen LogP contribution in [0.1, 0.15) is 30.1 Å². The molecule has 2 N–H and O–H groups in total. The Morgan fingerprint density at radius 1 is 1.47 bits per heavy atom. The van der Waals surface area contributed by atoms with Gasteiger partial charge in [0.2, 0.25) is 0 Å². The highest BCUT2D eigenvalue weighted by Crippen LogP contribution is 2.30. The van der Waals surface area contributed by atoms with Gasteiger partial charge in [-0.3, -0.25) is 0 Å². The second-order valence-electron chi connectivity index (χ2n) is 4.42. The van der Waals surface area contributed by atoms with Crippen molar-refractivity contribution in [3.8, 4) is 0 Å². The summed E-state index contributed by atoms with van der Waals surface area (Å²) in [4.78, 5) is 0. The molecule has 1 aromatic rings. The average molecular weight is 205 g/mol. The van der Waals surface area contributed by atoms with Crippen LogP contribution in [-0.4, -0.2) is 13.2 Å². The molecule has 1 unspecified atom stereocenters. The van der Waals surface area contributed by atoms with Gasteiger partial charge in [-0.25, -0.2) is 0 Å². The molecule has 82 valence electrons. The van der Waals surface area contributed by atoms with Gasteiger partial charge in [0, 0.05) is 6.54 Å². The molecule has 0 aromatic heterocycles. The molecule has 2 nitrogen and oxygen atoms in total. The van der Waals surface area contributed by atoms with E-state index in [4.69, 9.17) is 10.5 Å². The van der Waals surface area contributed by atoms with Crippen LogP contribution in [0.5, 0.6) is 0 Å². The minimum absolute atomic E-state index is 0.0745. The van der Waals surface area contributed by atoms with E-state index in [1.807, 2.05) is 0 Å². The zero-order valence-corrected chi connectivity index (χ0v) is 9.28. The third-order valence-electron chi connectivity index (χ3n) is 2.86. The van der Waals surface area contributed by atoms with Crippen LogP contribution in [-0.2, 0) is 4.74 Å². The fourth-order valence-electron chi connectivity index (χ4n) is 1.71. The van der Waals surface area contributed by atoms with Gasteiger partial charge in [-0.1, -0.05) is 29.8 Å². The molecule has 1 aliphatic rings. The summed E-state index contributed by atoms with van der Waals surface area (Å²) < 4.78 is 5.83. The average Bonchev–Trinajstić information content (AvgIpc) is 3.03. The molecular weight excluding hydrogens is 186 g/mol. The lowest BCUT2D eigenvalue weighted by Gasteiger charge is -2.16. The van der Waals surface area contributed by atoms with E-state index >= 15 is 0 Å². The van der Waals surface area contributed by atoms with Crippen molar-refractivity contribution < 1.29 is 4.74 Å². The highest BCUT2D eigenvalue weighted by Gasteiger charge is 2.23. The van der Waals surface area contributed by atoms with Crippen LogP contribution in [0.15, 0.2) is 24.3 Å². The second kappa shape index (κ2) is 4.77. The zero-order chi connectivity index (χ0) is 10.7. The molecule has 15 heavy (non-hydrogen) atoms. The van der Waals surface area contributed by atoms with Crippen molar-refractivity contribution in [2.24, 2.45) is 11.7 Å². The first-order chi connectivity index (χ1) is 7.29. The summed E-state index contributed by atoms with van der Waals surface area (Å²) in [5, 5.41) is 0. The van der Waals surface area contributed by atoms with Gasteiger partial charge in [0.25, 0.3) is 0 Å². The van der Waals surface area contributed by atoms with Crippen LogP contribution in [0.3, 0.4) is 0 Å². The summed E-state index contributed by atoms with van der Waals surface area (Å²) in [5.74, 6) is 0.795. The second-order valence-corrected chi connectivity index (χ2v) is 4.42. The van der Waals surface area contributed by atoms with Crippen molar-refractivity contribution in [2.75, 3.05) is 13.2 Å². The van der Waals surface area contributed by atoms with Crippen LogP contribution in [0.4, 0.5) is 0 Å². The van der Waals surface area contributed by atoms with Gasteiger partial charge in [0.15, 0.2) is 0 Å². The molecule has 0 saturated heterocycles. The van der Waals surface area contributed by atoms with Crippen molar-refractivity contribution in [3.63, 3.8) is 0 Å². The molecule has 0 spiro atoms. The molecule has 2 heteroatoms. The molecule has 0 aliphatic heterocycles. The normalized spacial score (nSPS) is 17.7. The Labute approximate surface area is 91.4 Å². The Kier molecular flexibility index (Phi) is 3.39. The monoisotopic (exact) mass is 205 g/mol. The fraction of sp³-hybridized carbons (Fsp3) is 0.538. The van der Waals surface area contributed by atoms with E-state index in [0.717, 1.165) is 12.5 Å². The van der Waals surface area contributed by atoms with Gasteiger partial charge in [0.1, 0.15) is 0 Å². The first-order valence-electron chi connectivity index (χ1n) is 5.68. The number of rotatable bonds is 5. The van der Waals surface area contributed by atoms with Crippen LogP contribution in [0.2, 0.25) is 0 Å². The van der Waals surface area contributed by atoms with Gasteiger partial charge >= 0.3 is 0 Å². The van der Waals surface area contributed by atoms with Gasteiger partial charge < -0.3 is 10.5 Å². The minimum Gasteiger partial charge on any atom is -0.372 e. The molecule has 2 rings (SSSR count).